The fourth-order valence-electron chi connectivity index (χ4n) is 1.61. The van der Waals surface area contributed by atoms with Crippen molar-refractivity contribution in [1.29, 1.82) is 0 Å². The van der Waals surface area contributed by atoms with Crippen molar-refractivity contribution in [2.45, 2.75) is 0 Å². The van der Waals surface area contributed by atoms with Gasteiger partial charge in [-0.2, -0.15) is 11.3 Å². The number of methoxy groups -OCH3 is 1. The van der Waals surface area contributed by atoms with Crippen LogP contribution in [0.25, 0.3) is 0 Å². The van der Waals surface area contributed by atoms with Crippen LogP contribution in [0.5, 0.6) is 5.75 Å². The average Bonchev–Trinajstić information content (AvgIpc) is 2.92. The molecule has 0 aliphatic carbocycles. The van der Waals surface area contributed by atoms with Crippen molar-refractivity contribution >= 4 is 40.1 Å². The maximum atomic E-state index is 12.1. The number of nitrogens with one attached hydrogen (secondary N) is 1. The van der Waals surface area contributed by atoms with E-state index in [2.05, 4.69) is 5.32 Å². The third-order valence-electron chi connectivity index (χ3n) is 2.53. The summed E-state index contributed by atoms with van der Waals surface area (Å²) < 4.78 is 5.23. The van der Waals surface area contributed by atoms with Crippen molar-refractivity contribution in [3.05, 3.63) is 46.2 Å². The second-order valence-electron chi connectivity index (χ2n) is 3.71. The molecule has 1 amide bonds. The molecule has 6 heteroatoms. The summed E-state index contributed by atoms with van der Waals surface area (Å²) in [6.07, 6.45) is 0. The normalized spacial score (nSPS) is 9.95. The third kappa shape index (κ3) is 2.91. The lowest BCUT2D eigenvalue weighted by molar-refractivity contribution is 0.102. The van der Waals surface area contributed by atoms with Crippen molar-refractivity contribution in [3.63, 3.8) is 0 Å². The standard InChI is InChI=1S/C13H12N2O2S2/c1-17-10-4-2-3-9(12(14)18)11(10)15-13(16)8-5-6-19-7-8/h2-7H,1H3,(H2,14,18)(H,15,16). The van der Waals surface area contributed by atoms with Crippen molar-refractivity contribution in [2.75, 3.05) is 12.4 Å². The fourth-order valence-corrected chi connectivity index (χ4v) is 2.42. The van der Waals surface area contributed by atoms with Gasteiger partial charge in [-0.15, -0.1) is 0 Å². The zero-order chi connectivity index (χ0) is 13.8. The molecule has 0 atom stereocenters. The van der Waals surface area contributed by atoms with Crippen LogP contribution in [0.4, 0.5) is 5.69 Å². The highest BCUT2D eigenvalue weighted by atomic mass is 32.1. The molecule has 0 bridgehead atoms. The summed E-state index contributed by atoms with van der Waals surface area (Å²) in [7, 11) is 1.53. The van der Waals surface area contributed by atoms with Gasteiger partial charge in [0, 0.05) is 10.9 Å². The summed E-state index contributed by atoms with van der Waals surface area (Å²) in [5, 5.41) is 6.40. The quantitative estimate of drug-likeness (QED) is 0.850. The van der Waals surface area contributed by atoms with Gasteiger partial charge in [-0.1, -0.05) is 18.3 Å². The highest BCUT2D eigenvalue weighted by Gasteiger charge is 2.15. The van der Waals surface area contributed by atoms with Crippen molar-refractivity contribution in [2.24, 2.45) is 5.73 Å². The molecule has 0 saturated carbocycles. The molecule has 0 fully saturated rings. The van der Waals surface area contributed by atoms with Gasteiger partial charge in [-0.05, 0) is 23.6 Å². The molecule has 1 aromatic carbocycles. The van der Waals surface area contributed by atoms with Crippen LogP contribution in [0.2, 0.25) is 0 Å². The maximum absolute atomic E-state index is 12.1. The summed E-state index contributed by atoms with van der Waals surface area (Å²) in [5.74, 6) is 0.303. The van der Waals surface area contributed by atoms with Crippen LogP contribution in [0.1, 0.15) is 15.9 Å². The number of amides is 1. The number of ether oxygens (including phenoxy) is 1. The highest BCUT2D eigenvalue weighted by molar-refractivity contribution is 7.80. The molecular weight excluding hydrogens is 280 g/mol. The minimum Gasteiger partial charge on any atom is -0.495 e. The van der Waals surface area contributed by atoms with Crippen LogP contribution in [-0.4, -0.2) is 18.0 Å². The molecule has 1 heterocycles. The summed E-state index contributed by atoms with van der Waals surface area (Å²) >= 11 is 6.44. The van der Waals surface area contributed by atoms with Gasteiger partial charge < -0.3 is 15.8 Å². The van der Waals surface area contributed by atoms with Gasteiger partial charge in [0.1, 0.15) is 10.7 Å². The van der Waals surface area contributed by atoms with Gasteiger partial charge in [-0.3, -0.25) is 4.79 Å². The smallest absolute Gasteiger partial charge is 0.256 e. The first-order chi connectivity index (χ1) is 9.13. The van der Waals surface area contributed by atoms with E-state index in [1.54, 1.807) is 29.6 Å². The number of carbonyl (C=O) groups excluding carboxylic acids is 1. The van der Waals surface area contributed by atoms with Gasteiger partial charge >= 0.3 is 0 Å². The number of thiophene rings is 1. The number of hydrogen-bond donors (Lipinski definition) is 2. The van der Waals surface area contributed by atoms with E-state index in [1.807, 2.05) is 5.38 Å². The van der Waals surface area contributed by atoms with Gasteiger partial charge in [0.2, 0.25) is 0 Å². The zero-order valence-corrected chi connectivity index (χ0v) is 11.8. The molecule has 98 valence electrons. The first kappa shape index (κ1) is 13.5. The second kappa shape index (κ2) is 5.81. The number of benzene rings is 1. The SMILES string of the molecule is COc1cccc(C(N)=S)c1NC(=O)c1ccsc1. The van der Waals surface area contributed by atoms with Crippen LogP contribution in [-0.2, 0) is 0 Å². The van der Waals surface area contributed by atoms with E-state index < -0.39 is 0 Å². The Labute approximate surface area is 120 Å². The summed E-state index contributed by atoms with van der Waals surface area (Å²) in [6.45, 7) is 0. The molecule has 0 aliphatic heterocycles. The number of para-hydroxylation sites is 1. The Kier molecular flexibility index (Phi) is 4.13. The summed E-state index contributed by atoms with van der Waals surface area (Å²) in [5.41, 5.74) is 7.32. The predicted octanol–water partition coefficient (Wildman–Crippen LogP) is 2.64. The van der Waals surface area contributed by atoms with E-state index in [0.29, 0.717) is 22.6 Å². The Bertz CT molecular complexity index is 609. The van der Waals surface area contributed by atoms with Crippen LogP contribution >= 0.6 is 23.6 Å². The number of anilines is 1. The molecule has 3 N–H and O–H groups in total. The Hall–Kier alpha value is -1.92. The van der Waals surface area contributed by atoms with Crippen LogP contribution in [0.15, 0.2) is 35.0 Å². The first-order valence-electron chi connectivity index (χ1n) is 5.44. The van der Waals surface area contributed by atoms with Crippen molar-refractivity contribution < 1.29 is 9.53 Å². The predicted molar refractivity (Wildman–Crippen MR) is 81.2 cm³/mol. The number of carbonyl (C=O) groups is 1. The number of nitrogens with two attached hydrogens (primary N) is 1. The van der Waals surface area contributed by atoms with Crippen LogP contribution < -0.4 is 15.8 Å². The summed E-state index contributed by atoms with van der Waals surface area (Å²) in [6, 6.07) is 7.00. The molecule has 19 heavy (non-hydrogen) atoms. The molecule has 4 nitrogen and oxygen atoms in total. The average molecular weight is 292 g/mol. The second-order valence-corrected chi connectivity index (χ2v) is 4.93. The molecule has 0 aliphatic rings. The van der Waals surface area contributed by atoms with E-state index in [1.165, 1.54) is 18.4 Å². The highest BCUT2D eigenvalue weighted by Crippen LogP contribution is 2.29. The topological polar surface area (TPSA) is 64.3 Å². The molecule has 2 aromatic rings. The van der Waals surface area contributed by atoms with E-state index in [9.17, 15) is 4.79 Å². The van der Waals surface area contributed by atoms with E-state index in [4.69, 9.17) is 22.7 Å². The maximum Gasteiger partial charge on any atom is 0.256 e. The number of rotatable bonds is 4. The Morgan fingerprint density at radius 3 is 2.79 bits per heavy atom. The van der Waals surface area contributed by atoms with Crippen molar-refractivity contribution in [3.8, 4) is 5.75 Å². The zero-order valence-electron chi connectivity index (χ0n) is 10.2. The molecule has 1 aromatic heterocycles. The van der Waals surface area contributed by atoms with E-state index >= 15 is 0 Å². The van der Waals surface area contributed by atoms with Gasteiger partial charge in [0.25, 0.3) is 5.91 Å². The summed E-state index contributed by atoms with van der Waals surface area (Å²) in [4.78, 5) is 12.3. The fraction of sp³-hybridized carbons (Fsp3) is 0.0769. The molecule has 0 spiro atoms. The lowest BCUT2D eigenvalue weighted by atomic mass is 10.1. The molecular formula is C13H12N2O2S2. The Balaban J connectivity index is 2.38. The van der Waals surface area contributed by atoms with Crippen LogP contribution in [0, 0.1) is 0 Å². The monoisotopic (exact) mass is 292 g/mol. The molecule has 0 saturated heterocycles. The van der Waals surface area contributed by atoms with E-state index in [-0.39, 0.29) is 10.9 Å². The minimum atomic E-state index is -0.219. The Morgan fingerprint density at radius 2 is 2.21 bits per heavy atom. The molecule has 2 rings (SSSR count). The number of hydrogen-bond acceptors (Lipinski definition) is 4. The van der Waals surface area contributed by atoms with Gasteiger partial charge in [-0.25, -0.2) is 0 Å². The van der Waals surface area contributed by atoms with Gasteiger partial charge in [0.15, 0.2) is 0 Å². The van der Waals surface area contributed by atoms with E-state index in [0.717, 1.165) is 0 Å². The first-order valence-corrected chi connectivity index (χ1v) is 6.79. The van der Waals surface area contributed by atoms with Crippen LogP contribution in [0.3, 0.4) is 0 Å². The number of thiocarbonyl (C=S) groups is 1. The molecule has 0 radical (unpaired) electrons. The molecule has 0 unspecified atom stereocenters. The Morgan fingerprint density at radius 1 is 1.42 bits per heavy atom. The lowest BCUT2D eigenvalue weighted by Crippen LogP contribution is -2.18. The van der Waals surface area contributed by atoms with Gasteiger partial charge in [0.05, 0.1) is 18.4 Å². The third-order valence-corrected chi connectivity index (χ3v) is 3.44. The lowest BCUT2D eigenvalue weighted by Gasteiger charge is -2.13. The van der Waals surface area contributed by atoms with Crippen molar-refractivity contribution in [1.82, 2.24) is 0 Å². The minimum absolute atomic E-state index is 0.208. The largest absolute Gasteiger partial charge is 0.495 e.